The molecule has 1 fully saturated rings. The molecule has 4 rings (SSSR count). The van der Waals surface area contributed by atoms with E-state index in [-0.39, 0.29) is 11.3 Å². The Hall–Kier alpha value is -3.81. The molecule has 172 valence electrons. The van der Waals surface area contributed by atoms with Gasteiger partial charge in [-0.05, 0) is 42.3 Å². The van der Waals surface area contributed by atoms with Gasteiger partial charge in [0.15, 0.2) is 11.5 Å². The lowest BCUT2D eigenvalue weighted by molar-refractivity contribution is -0.139. The summed E-state index contributed by atoms with van der Waals surface area (Å²) in [4.78, 5) is 38.9. The van der Waals surface area contributed by atoms with Gasteiger partial charge < -0.3 is 24.2 Å². The van der Waals surface area contributed by atoms with Crippen molar-refractivity contribution in [1.82, 2.24) is 4.90 Å². The van der Waals surface area contributed by atoms with Crippen LogP contribution in [0.5, 0.6) is 17.2 Å². The Morgan fingerprint density at radius 3 is 2.61 bits per heavy atom. The molecule has 0 aromatic heterocycles. The van der Waals surface area contributed by atoms with Crippen LogP contribution in [0.3, 0.4) is 0 Å². The number of ketones is 1. The second-order valence-electron chi connectivity index (χ2n) is 7.87. The molecule has 1 N–H and O–H groups in total. The van der Waals surface area contributed by atoms with Gasteiger partial charge in [0.2, 0.25) is 0 Å². The van der Waals surface area contributed by atoms with E-state index in [1.165, 1.54) is 11.8 Å². The highest BCUT2D eigenvalue weighted by atomic mass is 16.6. The number of amides is 1. The average Bonchev–Trinajstić information content (AvgIpc) is 3.06. The van der Waals surface area contributed by atoms with Gasteiger partial charge in [-0.1, -0.05) is 25.5 Å². The molecule has 2 aliphatic rings. The molecule has 1 unspecified atom stereocenters. The first-order valence-corrected chi connectivity index (χ1v) is 10.9. The van der Waals surface area contributed by atoms with Crippen LogP contribution in [0.15, 0.2) is 48.0 Å². The van der Waals surface area contributed by atoms with E-state index in [9.17, 15) is 19.5 Å². The highest BCUT2D eigenvalue weighted by Gasteiger charge is 2.46. The lowest BCUT2D eigenvalue weighted by atomic mass is 9.95. The van der Waals surface area contributed by atoms with E-state index in [2.05, 4.69) is 0 Å². The minimum Gasteiger partial charge on any atom is -0.507 e. The van der Waals surface area contributed by atoms with Gasteiger partial charge in [0.25, 0.3) is 11.7 Å². The normalized spacial score (nSPS) is 19.0. The van der Waals surface area contributed by atoms with Crippen LogP contribution in [0, 0.1) is 0 Å². The van der Waals surface area contributed by atoms with Crippen LogP contribution in [0.1, 0.15) is 43.9 Å². The lowest BCUT2D eigenvalue weighted by Crippen LogP contribution is -2.30. The number of fused-ring (bicyclic) bond motifs is 1. The minimum absolute atomic E-state index is 0.0206. The number of carbonyl (C=O) groups is 3. The van der Waals surface area contributed by atoms with Gasteiger partial charge >= 0.3 is 5.97 Å². The van der Waals surface area contributed by atoms with Crippen molar-refractivity contribution in [2.45, 2.75) is 32.7 Å². The standard InChI is InChI=1S/C25H25NO7/c1-3-4-10-26-22(16-6-5-7-18(13-16)33-15(2)27)21(24(29)25(26)30)23(28)17-8-9-19-20(14-17)32-12-11-31-19/h5-9,13-14,22,28H,3-4,10-12H2,1-2H3/b23-21-. The molecule has 8 heteroatoms. The first-order valence-electron chi connectivity index (χ1n) is 10.9. The summed E-state index contributed by atoms with van der Waals surface area (Å²) in [5, 5.41) is 11.2. The monoisotopic (exact) mass is 451 g/mol. The van der Waals surface area contributed by atoms with Crippen LogP contribution < -0.4 is 14.2 Å². The molecule has 2 aromatic rings. The number of hydrogen-bond donors (Lipinski definition) is 1. The maximum Gasteiger partial charge on any atom is 0.308 e. The second kappa shape index (κ2) is 9.36. The summed E-state index contributed by atoms with van der Waals surface area (Å²) < 4.78 is 16.3. The smallest absolute Gasteiger partial charge is 0.308 e. The summed E-state index contributed by atoms with van der Waals surface area (Å²) >= 11 is 0. The Balaban J connectivity index is 1.83. The molecule has 0 saturated carbocycles. The Labute approximate surface area is 191 Å². The molecule has 2 aromatic carbocycles. The van der Waals surface area contributed by atoms with E-state index in [0.29, 0.717) is 54.6 Å². The largest absolute Gasteiger partial charge is 0.507 e. The number of Topliss-reactive ketones (excluding diaryl/α,β-unsaturated/α-hetero) is 1. The molecule has 1 atom stereocenters. The molecule has 0 spiro atoms. The Kier molecular flexibility index (Phi) is 6.35. The van der Waals surface area contributed by atoms with Crippen molar-refractivity contribution in [3.63, 3.8) is 0 Å². The zero-order valence-electron chi connectivity index (χ0n) is 18.5. The Morgan fingerprint density at radius 1 is 1.12 bits per heavy atom. The summed E-state index contributed by atoms with van der Waals surface area (Å²) in [7, 11) is 0. The topological polar surface area (TPSA) is 102 Å². The highest BCUT2D eigenvalue weighted by Crippen LogP contribution is 2.41. The molecule has 2 heterocycles. The Morgan fingerprint density at radius 2 is 1.88 bits per heavy atom. The number of nitrogens with zero attached hydrogens (tertiary/aromatic N) is 1. The van der Waals surface area contributed by atoms with Crippen molar-refractivity contribution < 1.29 is 33.7 Å². The van der Waals surface area contributed by atoms with Gasteiger partial charge in [0, 0.05) is 19.0 Å². The van der Waals surface area contributed by atoms with Gasteiger partial charge in [-0.2, -0.15) is 0 Å². The third-order valence-corrected chi connectivity index (χ3v) is 5.54. The number of hydrogen-bond acceptors (Lipinski definition) is 7. The van der Waals surface area contributed by atoms with E-state index in [4.69, 9.17) is 14.2 Å². The molecular formula is C25H25NO7. The van der Waals surface area contributed by atoms with Crippen LogP contribution in [-0.2, 0) is 14.4 Å². The fourth-order valence-electron chi connectivity index (χ4n) is 4.05. The first-order chi connectivity index (χ1) is 15.9. The molecule has 0 aliphatic carbocycles. The van der Waals surface area contributed by atoms with Crippen LogP contribution in [0.2, 0.25) is 0 Å². The van der Waals surface area contributed by atoms with E-state index in [1.807, 2.05) is 6.92 Å². The van der Waals surface area contributed by atoms with Crippen LogP contribution in [-0.4, -0.2) is 47.4 Å². The van der Waals surface area contributed by atoms with Crippen molar-refractivity contribution in [2.24, 2.45) is 0 Å². The number of carbonyl (C=O) groups excluding carboxylic acids is 3. The summed E-state index contributed by atoms with van der Waals surface area (Å²) in [6, 6.07) is 10.7. The summed E-state index contributed by atoms with van der Waals surface area (Å²) in [5.74, 6) is -0.923. The quantitative estimate of drug-likeness (QED) is 0.235. The summed E-state index contributed by atoms with van der Waals surface area (Å²) in [6.07, 6.45) is 1.52. The second-order valence-corrected chi connectivity index (χ2v) is 7.87. The summed E-state index contributed by atoms with van der Waals surface area (Å²) in [5.41, 5.74) is 0.879. The third-order valence-electron chi connectivity index (χ3n) is 5.54. The number of ether oxygens (including phenoxy) is 3. The Bertz CT molecular complexity index is 1140. The van der Waals surface area contributed by atoms with Crippen LogP contribution in [0.4, 0.5) is 0 Å². The highest BCUT2D eigenvalue weighted by molar-refractivity contribution is 6.46. The molecule has 1 saturated heterocycles. The van der Waals surface area contributed by atoms with Gasteiger partial charge in [0.05, 0.1) is 11.6 Å². The molecule has 1 amide bonds. The zero-order valence-corrected chi connectivity index (χ0v) is 18.5. The molecule has 2 aliphatic heterocycles. The zero-order chi connectivity index (χ0) is 23.5. The number of benzene rings is 2. The van der Waals surface area contributed by atoms with Gasteiger partial charge in [0.1, 0.15) is 24.7 Å². The number of aliphatic hydroxyl groups excluding tert-OH is 1. The van der Waals surface area contributed by atoms with Crippen molar-refractivity contribution in [2.75, 3.05) is 19.8 Å². The van der Waals surface area contributed by atoms with Crippen molar-refractivity contribution in [3.05, 3.63) is 59.2 Å². The molecule has 33 heavy (non-hydrogen) atoms. The maximum absolute atomic E-state index is 13.1. The fraction of sp³-hybridized carbons (Fsp3) is 0.320. The summed E-state index contributed by atoms with van der Waals surface area (Å²) in [6.45, 7) is 4.44. The predicted molar refractivity (Wildman–Crippen MR) is 119 cm³/mol. The van der Waals surface area contributed by atoms with Gasteiger partial charge in [-0.3, -0.25) is 14.4 Å². The average molecular weight is 451 g/mol. The van der Waals surface area contributed by atoms with E-state index in [1.54, 1.807) is 42.5 Å². The first kappa shape index (κ1) is 22.4. The van der Waals surface area contributed by atoms with E-state index in [0.717, 1.165) is 6.42 Å². The predicted octanol–water partition coefficient (Wildman–Crippen LogP) is 3.60. The number of aliphatic hydroxyl groups is 1. The van der Waals surface area contributed by atoms with Crippen LogP contribution >= 0.6 is 0 Å². The number of rotatable bonds is 6. The number of esters is 1. The van der Waals surface area contributed by atoms with Crippen LogP contribution in [0.25, 0.3) is 5.76 Å². The molecule has 0 radical (unpaired) electrons. The van der Waals surface area contributed by atoms with Crippen molar-refractivity contribution in [1.29, 1.82) is 0 Å². The maximum atomic E-state index is 13.1. The third kappa shape index (κ3) is 4.41. The van der Waals surface area contributed by atoms with Gasteiger partial charge in [-0.15, -0.1) is 0 Å². The van der Waals surface area contributed by atoms with Crippen molar-refractivity contribution in [3.8, 4) is 17.2 Å². The van der Waals surface area contributed by atoms with E-state index >= 15 is 0 Å². The molecule has 8 nitrogen and oxygen atoms in total. The number of likely N-dealkylation sites (tertiary alicyclic amines) is 1. The number of unbranched alkanes of at least 4 members (excludes halogenated alkanes) is 1. The minimum atomic E-state index is -0.819. The lowest BCUT2D eigenvalue weighted by Gasteiger charge is -2.25. The van der Waals surface area contributed by atoms with Crippen molar-refractivity contribution >= 4 is 23.4 Å². The SMILES string of the molecule is CCCCN1C(=O)C(=O)/C(=C(\O)c2ccc3c(c2)OCCO3)C1c1cccc(OC(C)=O)c1. The van der Waals surface area contributed by atoms with Gasteiger partial charge in [-0.25, -0.2) is 0 Å². The van der Waals surface area contributed by atoms with E-state index < -0.39 is 23.7 Å². The molecular weight excluding hydrogens is 426 g/mol. The fourth-order valence-corrected chi connectivity index (χ4v) is 4.05. The molecule has 0 bridgehead atoms.